The fourth-order valence-corrected chi connectivity index (χ4v) is 1.33. The molecule has 4 N–H and O–H groups in total. The summed E-state index contributed by atoms with van der Waals surface area (Å²) in [4.78, 5) is 44.0. The van der Waals surface area contributed by atoms with Gasteiger partial charge in [-0.2, -0.15) is 0 Å². The number of rotatable bonds is 7. The number of carbonyl (C=O) groups excluding carboxylic acids is 3. The fourth-order valence-electron chi connectivity index (χ4n) is 1.33. The summed E-state index contributed by atoms with van der Waals surface area (Å²) in [5.41, 5.74) is 0. The number of carboxylic acids is 1. The number of hydrogen-bond acceptors (Lipinski definition) is 4. The minimum absolute atomic E-state index is 0.0686. The van der Waals surface area contributed by atoms with Gasteiger partial charge in [0, 0.05) is 19.4 Å². The first-order chi connectivity index (χ1) is 8.85. The molecule has 1 atom stereocenters. The van der Waals surface area contributed by atoms with E-state index in [0.29, 0.717) is 6.54 Å². The molecule has 19 heavy (non-hydrogen) atoms. The predicted octanol–water partition coefficient (Wildman–Crippen LogP) is -0.551. The third-order valence-corrected chi connectivity index (χ3v) is 2.09. The number of urea groups is 1. The Balaban J connectivity index is 3.89. The molecule has 108 valence electrons. The van der Waals surface area contributed by atoms with Crippen molar-refractivity contribution in [3.05, 3.63) is 0 Å². The number of hydrogen-bond donors (Lipinski definition) is 4. The highest BCUT2D eigenvalue weighted by Crippen LogP contribution is 2.06. The number of imide groups is 1. The Kier molecular flexibility index (Phi) is 7.90. The van der Waals surface area contributed by atoms with Gasteiger partial charge in [0.1, 0.15) is 0 Å². The van der Waals surface area contributed by atoms with Crippen molar-refractivity contribution in [1.82, 2.24) is 16.0 Å². The number of amides is 4. The minimum atomic E-state index is -0.999. The van der Waals surface area contributed by atoms with Gasteiger partial charge in [0.25, 0.3) is 0 Å². The van der Waals surface area contributed by atoms with Crippen molar-refractivity contribution >= 4 is 23.8 Å². The van der Waals surface area contributed by atoms with Crippen molar-refractivity contribution in [2.45, 2.75) is 26.7 Å². The van der Waals surface area contributed by atoms with E-state index >= 15 is 0 Å². The van der Waals surface area contributed by atoms with Gasteiger partial charge in [-0.05, 0) is 12.8 Å². The SMILES string of the molecule is CCNC(=O)CNC(=O)NC(=O)CC(C)CC(=O)O. The maximum absolute atomic E-state index is 11.4. The lowest BCUT2D eigenvalue weighted by atomic mass is 10.0. The quantitative estimate of drug-likeness (QED) is 0.495. The van der Waals surface area contributed by atoms with Crippen molar-refractivity contribution in [3.63, 3.8) is 0 Å². The van der Waals surface area contributed by atoms with Crippen LogP contribution in [0.2, 0.25) is 0 Å². The van der Waals surface area contributed by atoms with Crippen LogP contribution in [0.3, 0.4) is 0 Å². The van der Waals surface area contributed by atoms with E-state index in [1.54, 1.807) is 13.8 Å². The third kappa shape index (κ3) is 9.57. The van der Waals surface area contributed by atoms with Crippen LogP contribution in [-0.2, 0) is 14.4 Å². The normalized spacial score (nSPS) is 11.3. The Bertz CT molecular complexity index is 356. The smallest absolute Gasteiger partial charge is 0.321 e. The van der Waals surface area contributed by atoms with Gasteiger partial charge < -0.3 is 15.7 Å². The van der Waals surface area contributed by atoms with Crippen LogP contribution in [0.5, 0.6) is 0 Å². The highest BCUT2D eigenvalue weighted by molar-refractivity contribution is 5.95. The van der Waals surface area contributed by atoms with Crippen LogP contribution in [-0.4, -0.2) is 42.0 Å². The zero-order chi connectivity index (χ0) is 14.8. The van der Waals surface area contributed by atoms with Gasteiger partial charge in [-0.1, -0.05) is 6.92 Å². The molecular formula is C11H19N3O5. The maximum Gasteiger partial charge on any atom is 0.321 e. The van der Waals surface area contributed by atoms with E-state index in [0.717, 1.165) is 0 Å². The van der Waals surface area contributed by atoms with Crippen molar-refractivity contribution in [2.75, 3.05) is 13.1 Å². The second-order valence-corrected chi connectivity index (χ2v) is 4.09. The number of carboxylic acid groups (broad SMARTS) is 1. The molecule has 0 aromatic rings. The van der Waals surface area contributed by atoms with Crippen LogP contribution in [0.15, 0.2) is 0 Å². The zero-order valence-electron chi connectivity index (χ0n) is 11.0. The molecule has 8 heteroatoms. The molecule has 0 heterocycles. The van der Waals surface area contributed by atoms with Gasteiger partial charge in [-0.25, -0.2) is 4.79 Å². The summed E-state index contributed by atoms with van der Waals surface area (Å²) < 4.78 is 0. The summed E-state index contributed by atoms with van der Waals surface area (Å²) in [5, 5.41) is 15.2. The highest BCUT2D eigenvalue weighted by Gasteiger charge is 2.14. The Hall–Kier alpha value is -2.12. The van der Waals surface area contributed by atoms with Gasteiger partial charge in [-0.3, -0.25) is 19.7 Å². The predicted molar refractivity (Wildman–Crippen MR) is 66.3 cm³/mol. The fraction of sp³-hybridized carbons (Fsp3) is 0.636. The first kappa shape index (κ1) is 16.9. The van der Waals surface area contributed by atoms with E-state index in [2.05, 4.69) is 10.6 Å². The van der Waals surface area contributed by atoms with Crippen molar-refractivity contribution in [3.8, 4) is 0 Å². The van der Waals surface area contributed by atoms with Crippen LogP contribution in [0.1, 0.15) is 26.7 Å². The van der Waals surface area contributed by atoms with Gasteiger partial charge in [0.05, 0.1) is 6.54 Å². The number of nitrogens with one attached hydrogen (secondary N) is 3. The minimum Gasteiger partial charge on any atom is -0.481 e. The van der Waals surface area contributed by atoms with E-state index in [1.165, 1.54) is 0 Å². The number of likely N-dealkylation sites (N-methyl/N-ethyl adjacent to an activating group) is 1. The standard InChI is InChI=1S/C11H19N3O5/c1-3-12-9(16)6-13-11(19)14-8(15)4-7(2)5-10(17)18/h7H,3-6H2,1-2H3,(H,12,16)(H,17,18)(H2,13,14,15,19). The largest absolute Gasteiger partial charge is 0.481 e. The van der Waals surface area contributed by atoms with Crippen LogP contribution in [0.25, 0.3) is 0 Å². The average molecular weight is 273 g/mol. The molecule has 0 aliphatic rings. The molecule has 0 aliphatic carbocycles. The van der Waals surface area contributed by atoms with Crippen LogP contribution in [0, 0.1) is 5.92 Å². The molecule has 0 saturated carbocycles. The van der Waals surface area contributed by atoms with Crippen molar-refractivity contribution in [1.29, 1.82) is 0 Å². The molecule has 0 rings (SSSR count). The highest BCUT2D eigenvalue weighted by atomic mass is 16.4. The first-order valence-corrected chi connectivity index (χ1v) is 5.91. The first-order valence-electron chi connectivity index (χ1n) is 5.91. The summed E-state index contributed by atoms with van der Waals surface area (Å²) in [5.74, 6) is -2.30. The molecule has 0 spiro atoms. The average Bonchev–Trinajstić information content (AvgIpc) is 2.25. The van der Waals surface area contributed by atoms with Gasteiger partial charge in [-0.15, -0.1) is 0 Å². The second-order valence-electron chi connectivity index (χ2n) is 4.09. The Labute approximate surface area is 110 Å². The molecule has 0 aromatic carbocycles. The van der Waals surface area contributed by atoms with Crippen molar-refractivity contribution in [2.24, 2.45) is 5.92 Å². The molecule has 0 radical (unpaired) electrons. The Morgan fingerprint density at radius 1 is 1.05 bits per heavy atom. The van der Waals surface area contributed by atoms with E-state index in [4.69, 9.17) is 5.11 Å². The zero-order valence-corrected chi connectivity index (χ0v) is 11.0. The van der Waals surface area contributed by atoms with Crippen LogP contribution in [0.4, 0.5) is 4.79 Å². The monoisotopic (exact) mass is 273 g/mol. The molecule has 0 saturated heterocycles. The topological polar surface area (TPSA) is 125 Å². The summed E-state index contributed by atoms with van der Waals surface area (Å²) in [7, 11) is 0. The lowest BCUT2D eigenvalue weighted by Gasteiger charge is -2.09. The molecule has 1 unspecified atom stereocenters. The van der Waals surface area contributed by atoms with E-state index in [-0.39, 0.29) is 31.2 Å². The second kappa shape index (κ2) is 8.90. The lowest BCUT2D eigenvalue weighted by Crippen LogP contribution is -2.44. The van der Waals surface area contributed by atoms with Gasteiger partial charge in [0.15, 0.2) is 0 Å². The summed E-state index contributed by atoms with van der Waals surface area (Å²) >= 11 is 0. The Morgan fingerprint density at radius 3 is 2.21 bits per heavy atom. The molecule has 8 nitrogen and oxygen atoms in total. The molecule has 0 bridgehead atoms. The van der Waals surface area contributed by atoms with Crippen molar-refractivity contribution < 1.29 is 24.3 Å². The molecular weight excluding hydrogens is 254 g/mol. The molecule has 0 fully saturated rings. The van der Waals surface area contributed by atoms with E-state index in [9.17, 15) is 19.2 Å². The van der Waals surface area contributed by atoms with E-state index < -0.39 is 17.9 Å². The number of carbonyl (C=O) groups is 4. The van der Waals surface area contributed by atoms with Crippen LogP contribution < -0.4 is 16.0 Å². The summed E-state index contributed by atoms with van der Waals surface area (Å²) in [6.45, 7) is 3.57. The molecule has 0 aliphatic heterocycles. The van der Waals surface area contributed by atoms with Gasteiger partial charge in [0.2, 0.25) is 11.8 Å². The number of aliphatic carboxylic acids is 1. The Morgan fingerprint density at radius 2 is 1.68 bits per heavy atom. The van der Waals surface area contributed by atoms with Crippen LogP contribution >= 0.6 is 0 Å². The van der Waals surface area contributed by atoms with Gasteiger partial charge >= 0.3 is 12.0 Å². The van der Waals surface area contributed by atoms with E-state index in [1.807, 2.05) is 5.32 Å². The molecule has 4 amide bonds. The molecule has 0 aromatic heterocycles. The third-order valence-electron chi connectivity index (χ3n) is 2.09. The lowest BCUT2D eigenvalue weighted by molar-refractivity contribution is -0.138. The summed E-state index contributed by atoms with van der Waals surface area (Å²) in [6, 6.07) is -0.779. The summed E-state index contributed by atoms with van der Waals surface area (Å²) in [6.07, 6.45) is -0.213. The maximum atomic E-state index is 11.4.